The number of aliphatic imine (C=N–C) groups is 1. The predicted molar refractivity (Wildman–Crippen MR) is 108 cm³/mol. The van der Waals surface area contributed by atoms with Gasteiger partial charge in [-0.05, 0) is 30.9 Å². The monoisotopic (exact) mass is 386 g/mol. The Bertz CT molecular complexity index is 889. The normalized spacial score (nSPS) is 18.2. The molecule has 0 radical (unpaired) electrons. The Morgan fingerprint density at radius 3 is 2.81 bits per heavy atom. The molecule has 0 spiro atoms. The maximum absolute atomic E-state index is 6.20. The van der Waals surface area contributed by atoms with Crippen molar-refractivity contribution in [2.45, 2.75) is 26.3 Å². The Morgan fingerprint density at radius 2 is 2.07 bits per heavy atom. The van der Waals surface area contributed by atoms with E-state index in [0.717, 1.165) is 49.7 Å². The number of hydrogen-bond donors (Lipinski definition) is 3. The van der Waals surface area contributed by atoms with Crippen molar-refractivity contribution in [2.24, 2.45) is 16.1 Å². The van der Waals surface area contributed by atoms with Crippen molar-refractivity contribution in [1.82, 2.24) is 15.0 Å². The van der Waals surface area contributed by atoms with Gasteiger partial charge in [-0.15, -0.1) is 0 Å². The molecule has 0 bridgehead atoms. The summed E-state index contributed by atoms with van der Waals surface area (Å²) < 4.78 is 0. The molecule has 2 aromatic rings. The fourth-order valence-electron chi connectivity index (χ4n) is 3.37. The highest BCUT2D eigenvalue weighted by Crippen LogP contribution is 2.32. The van der Waals surface area contributed by atoms with Gasteiger partial charge in [0.05, 0.1) is 24.1 Å². The van der Waals surface area contributed by atoms with Gasteiger partial charge < -0.3 is 21.7 Å². The number of rotatable bonds is 3. The zero-order valence-corrected chi connectivity index (χ0v) is 16.0. The molecular formula is C18H23ClN8. The smallest absolute Gasteiger partial charge is 0.154 e. The van der Waals surface area contributed by atoms with Crippen LogP contribution in [0.3, 0.4) is 0 Å². The molecule has 142 valence electrons. The van der Waals surface area contributed by atoms with Crippen molar-refractivity contribution in [3.8, 4) is 0 Å². The summed E-state index contributed by atoms with van der Waals surface area (Å²) >= 11 is 6.20. The minimum absolute atomic E-state index is 0.229. The molecule has 27 heavy (non-hydrogen) atoms. The Kier molecular flexibility index (Phi) is 4.61. The van der Waals surface area contributed by atoms with Gasteiger partial charge in [-0.25, -0.2) is 15.0 Å². The molecule has 2 aromatic heterocycles. The number of amidine groups is 1. The minimum atomic E-state index is 0.229. The van der Waals surface area contributed by atoms with E-state index in [2.05, 4.69) is 32.1 Å². The van der Waals surface area contributed by atoms with E-state index in [1.54, 1.807) is 12.3 Å². The molecule has 5 N–H and O–H groups in total. The van der Waals surface area contributed by atoms with E-state index in [0.29, 0.717) is 23.1 Å². The topological polar surface area (TPSA) is 118 Å². The SMILES string of the molecule is CC1(CN)CCN(c2cnc3c(n2)CN=C3Nc2ccnc(N)c2Cl)CC1. The van der Waals surface area contributed by atoms with Crippen LogP contribution < -0.4 is 21.7 Å². The van der Waals surface area contributed by atoms with Crippen LogP contribution in [0.4, 0.5) is 17.3 Å². The van der Waals surface area contributed by atoms with E-state index >= 15 is 0 Å². The van der Waals surface area contributed by atoms with Crippen LogP contribution in [0.1, 0.15) is 31.2 Å². The molecule has 1 saturated heterocycles. The zero-order valence-electron chi connectivity index (χ0n) is 15.2. The number of pyridine rings is 1. The third-order valence-electron chi connectivity index (χ3n) is 5.40. The molecule has 0 saturated carbocycles. The van der Waals surface area contributed by atoms with Gasteiger partial charge in [-0.1, -0.05) is 18.5 Å². The van der Waals surface area contributed by atoms with Crippen molar-refractivity contribution in [2.75, 3.05) is 35.6 Å². The average Bonchev–Trinajstić information content (AvgIpc) is 3.08. The fraction of sp³-hybridized carbons (Fsp3) is 0.444. The lowest BCUT2D eigenvalue weighted by atomic mass is 9.80. The van der Waals surface area contributed by atoms with Gasteiger partial charge in [0, 0.05) is 19.3 Å². The second kappa shape index (κ2) is 6.94. The highest BCUT2D eigenvalue weighted by molar-refractivity contribution is 6.36. The molecule has 0 aromatic carbocycles. The van der Waals surface area contributed by atoms with Crippen molar-refractivity contribution in [3.63, 3.8) is 0 Å². The summed E-state index contributed by atoms with van der Waals surface area (Å²) in [6.07, 6.45) is 5.54. The van der Waals surface area contributed by atoms with Gasteiger partial charge in [0.15, 0.2) is 5.84 Å². The van der Waals surface area contributed by atoms with Gasteiger partial charge >= 0.3 is 0 Å². The van der Waals surface area contributed by atoms with Crippen molar-refractivity contribution in [3.05, 3.63) is 34.9 Å². The van der Waals surface area contributed by atoms with E-state index in [1.807, 2.05) is 6.20 Å². The first-order valence-corrected chi connectivity index (χ1v) is 9.40. The van der Waals surface area contributed by atoms with Crippen LogP contribution in [0.5, 0.6) is 0 Å². The largest absolute Gasteiger partial charge is 0.382 e. The maximum Gasteiger partial charge on any atom is 0.154 e. The zero-order chi connectivity index (χ0) is 19.0. The van der Waals surface area contributed by atoms with E-state index < -0.39 is 0 Å². The quantitative estimate of drug-likeness (QED) is 0.738. The summed E-state index contributed by atoms with van der Waals surface area (Å²) in [6, 6.07) is 1.75. The van der Waals surface area contributed by atoms with E-state index in [1.165, 1.54) is 0 Å². The molecule has 2 aliphatic heterocycles. The number of anilines is 3. The number of piperidine rings is 1. The first-order chi connectivity index (χ1) is 13.0. The van der Waals surface area contributed by atoms with Gasteiger partial charge in [0.1, 0.15) is 22.4 Å². The van der Waals surface area contributed by atoms with Crippen LogP contribution in [-0.2, 0) is 6.54 Å². The van der Waals surface area contributed by atoms with Crippen LogP contribution >= 0.6 is 11.6 Å². The van der Waals surface area contributed by atoms with Crippen LogP contribution in [0, 0.1) is 5.41 Å². The summed E-state index contributed by atoms with van der Waals surface area (Å²) in [5.74, 6) is 1.82. The molecule has 0 atom stereocenters. The summed E-state index contributed by atoms with van der Waals surface area (Å²) in [6.45, 7) is 5.35. The second-order valence-corrected chi connectivity index (χ2v) is 7.75. The van der Waals surface area contributed by atoms with Crippen molar-refractivity contribution >= 4 is 34.8 Å². The van der Waals surface area contributed by atoms with Crippen LogP contribution in [0.2, 0.25) is 5.02 Å². The molecule has 0 aliphatic carbocycles. The molecule has 1 fully saturated rings. The lowest BCUT2D eigenvalue weighted by Crippen LogP contribution is -2.42. The fourth-order valence-corrected chi connectivity index (χ4v) is 3.53. The number of hydrogen-bond acceptors (Lipinski definition) is 8. The number of halogens is 1. The van der Waals surface area contributed by atoms with Crippen LogP contribution in [0.25, 0.3) is 0 Å². The molecule has 0 unspecified atom stereocenters. The Morgan fingerprint density at radius 1 is 1.30 bits per heavy atom. The van der Waals surface area contributed by atoms with E-state index in [-0.39, 0.29) is 11.2 Å². The number of nitrogens with two attached hydrogens (primary N) is 2. The summed E-state index contributed by atoms with van der Waals surface area (Å²) in [4.78, 5) is 20.2. The summed E-state index contributed by atoms with van der Waals surface area (Å²) in [7, 11) is 0. The second-order valence-electron chi connectivity index (χ2n) is 7.37. The number of nitrogens with zero attached hydrogens (tertiary/aromatic N) is 5. The predicted octanol–water partition coefficient (Wildman–Crippen LogP) is 2.04. The molecule has 0 amide bonds. The molecular weight excluding hydrogens is 364 g/mol. The Balaban J connectivity index is 1.50. The van der Waals surface area contributed by atoms with Crippen LogP contribution in [0.15, 0.2) is 23.5 Å². The van der Waals surface area contributed by atoms with Crippen LogP contribution in [-0.4, -0.2) is 40.4 Å². The van der Waals surface area contributed by atoms with Gasteiger partial charge in [0.25, 0.3) is 0 Å². The summed E-state index contributed by atoms with van der Waals surface area (Å²) in [5.41, 5.74) is 14.1. The average molecular weight is 387 g/mol. The molecule has 2 aliphatic rings. The number of nitrogen functional groups attached to an aromatic ring is 1. The highest BCUT2D eigenvalue weighted by Gasteiger charge is 2.30. The van der Waals surface area contributed by atoms with Gasteiger partial charge in [0.2, 0.25) is 0 Å². The van der Waals surface area contributed by atoms with E-state index in [9.17, 15) is 0 Å². The molecule has 9 heteroatoms. The number of nitrogens with one attached hydrogen (secondary N) is 1. The lowest BCUT2D eigenvalue weighted by Gasteiger charge is -2.39. The van der Waals surface area contributed by atoms with Crippen molar-refractivity contribution in [1.29, 1.82) is 0 Å². The van der Waals surface area contributed by atoms with Crippen molar-refractivity contribution < 1.29 is 0 Å². The van der Waals surface area contributed by atoms with Gasteiger partial charge in [-0.3, -0.25) is 4.99 Å². The molecule has 4 rings (SSSR count). The third kappa shape index (κ3) is 3.42. The third-order valence-corrected chi connectivity index (χ3v) is 5.80. The van der Waals surface area contributed by atoms with Gasteiger partial charge in [-0.2, -0.15) is 0 Å². The lowest BCUT2D eigenvalue weighted by molar-refractivity contribution is 0.258. The standard InChI is InChI=1S/C18H23ClN8/c1-18(10-20)3-6-27(7-4-18)13-9-23-15-12(25-13)8-24-17(15)26-11-2-5-22-16(21)14(11)19/h2,5,9H,3-4,6-8,10,20H2,1H3,(H3,21,22,24,26). The maximum atomic E-state index is 6.20. The first-order valence-electron chi connectivity index (χ1n) is 9.02. The number of aromatic nitrogens is 3. The number of fused-ring (bicyclic) bond motifs is 1. The highest BCUT2D eigenvalue weighted by atomic mass is 35.5. The van der Waals surface area contributed by atoms with E-state index in [4.69, 9.17) is 28.1 Å². The Labute approximate surface area is 163 Å². The molecule has 8 nitrogen and oxygen atoms in total. The molecule has 4 heterocycles. The summed E-state index contributed by atoms with van der Waals surface area (Å²) in [5, 5.41) is 3.56. The minimum Gasteiger partial charge on any atom is -0.382 e. The first kappa shape index (κ1) is 17.9. The Hall–Kier alpha value is -2.45.